The molecule has 1 aliphatic heterocycles. The van der Waals surface area contributed by atoms with Crippen molar-refractivity contribution in [3.8, 4) is 0 Å². The molecule has 0 bridgehead atoms. The van der Waals surface area contributed by atoms with E-state index in [4.69, 9.17) is 4.84 Å². The van der Waals surface area contributed by atoms with Gasteiger partial charge in [0.25, 0.3) is 5.91 Å². The van der Waals surface area contributed by atoms with Crippen molar-refractivity contribution < 1.29 is 9.63 Å². The molecule has 5 nitrogen and oxygen atoms in total. The zero-order valence-corrected chi connectivity index (χ0v) is 10.3. The Bertz CT molecular complexity index is 414. The van der Waals surface area contributed by atoms with E-state index in [1.54, 1.807) is 6.07 Å². The van der Waals surface area contributed by atoms with Crippen LogP contribution in [-0.4, -0.2) is 34.3 Å². The number of hydroxylamine groups is 2. The topological polar surface area (TPSA) is 55.3 Å². The first-order chi connectivity index (χ1) is 8.22. The summed E-state index contributed by atoms with van der Waals surface area (Å²) in [5.41, 5.74) is 2.10. The molecule has 0 unspecified atom stereocenters. The molecule has 1 aliphatic rings. The first kappa shape index (κ1) is 12.0. The highest BCUT2D eigenvalue weighted by atomic mass is 16.7. The first-order valence-electron chi connectivity index (χ1n) is 6.00. The number of hydrogen-bond donors (Lipinski definition) is 0. The minimum atomic E-state index is -0.0976. The third-order valence-electron chi connectivity index (χ3n) is 2.79. The summed E-state index contributed by atoms with van der Waals surface area (Å²) in [6.45, 7) is 5.07. The van der Waals surface area contributed by atoms with Gasteiger partial charge in [-0.05, 0) is 32.3 Å². The Morgan fingerprint density at radius 2 is 2.29 bits per heavy atom. The van der Waals surface area contributed by atoms with E-state index < -0.39 is 0 Å². The van der Waals surface area contributed by atoms with Crippen LogP contribution in [0.3, 0.4) is 0 Å². The van der Waals surface area contributed by atoms with Crippen LogP contribution in [0.4, 0.5) is 0 Å². The Balaban J connectivity index is 2.25. The summed E-state index contributed by atoms with van der Waals surface area (Å²) in [6.07, 6.45) is 2.70. The Kier molecular flexibility index (Phi) is 3.68. The second-order valence-electron chi connectivity index (χ2n) is 4.15. The fraction of sp³-hybridized carbons (Fsp3) is 0.583. The lowest BCUT2D eigenvalue weighted by Crippen LogP contribution is -2.36. The number of carbonyl (C=O) groups excluding carboxylic acids is 1. The van der Waals surface area contributed by atoms with Crippen molar-refractivity contribution in [3.63, 3.8) is 0 Å². The van der Waals surface area contributed by atoms with E-state index in [-0.39, 0.29) is 5.91 Å². The molecule has 2 heterocycles. The third kappa shape index (κ3) is 2.61. The number of amides is 1. The summed E-state index contributed by atoms with van der Waals surface area (Å²) in [5, 5.41) is 9.48. The van der Waals surface area contributed by atoms with Crippen LogP contribution in [0.5, 0.6) is 0 Å². The third-order valence-corrected chi connectivity index (χ3v) is 2.79. The molecule has 1 amide bonds. The quantitative estimate of drug-likeness (QED) is 0.779. The number of rotatable bonds is 2. The Labute approximate surface area is 101 Å². The van der Waals surface area contributed by atoms with Crippen molar-refractivity contribution in [3.05, 3.63) is 23.0 Å². The monoisotopic (exact) mass is 235 g/mol. The van der Waals surface area contributed by atoms with E-state index in [9.17, 15) is 4.79 Å². The van der Waals surface area contributed by atoms with E-state index >= 15 is 0 Å². The van der Waals surface area contributed by atoms with Gasteiger partial charge in [0.05, 0.1) is 23.6 Å². The lowest BCUT2D eigenvalue weighted by molar-refractivity contribution is -0.144. The molecular weight excluding hydrogens is 218 g/mol. The second-order valence-corrected chi connectivity index (χ2v) is 4.15. The summed E-state index contributed by atoms with van der Waals surface area (Å²) in [7, 11) is 0. The van der Waals surface area contributed by atoms with Crippen LogP contribution < -0.4 is 0 Å². The highest BCUT2D eigenvalue weighted by Crippen LogP contribution is 2.14. The molecule has 5 heteroatoms. The molecular formula is C12H17N3O2. The van der Waals surface area contributed by atoms with Gasteiger partial charge >= 0.3 is 0 Å². The molecule has 0 saturated carbocycles. The van der Waals surface area contributed by atoms with Crippen molar-refractivity contribution in [2.45, 2.75) is 33.1 Å². The molecule has 1 aromatic heterocycles. The van der Waals surface area contributed by atoms with Crippen molar-refractivity contribution in [2.75, 3.05) is 13.2 Å². The van der Waals surface area contributed by atoms with Gasteiger partial charge in [-0.25, -0.2) is 5.06 Å². The van der Waals surface area contributed by atoms with E-state index in [0.717, 1.165) is 24.2 Å². The van der Waals surface area contributed by atoms with E-state index in [1.165, 1.54) is 5.06 Å². The standard InChI is InChI=1S/C12H17N3O2/c1-3-11-10(8-9(2)13-14-11)12(16)15-6-4-5-7-17-15/h8H,3-7H2,1-2H3. The molecule has 1 fully saturated rings. The van der Waals surface area contributed by atoms with Gasteiger partial charge in [-0.15, -0.1) is 0 Å². The normalized spacial score (nSPS) is 16.0. The minimum Gasteiger partial charge on any atom is -0.271 e. The lowest BCUT2D eigenvalue weighted by atomic mass is 10.1. The minimum absolute atomic E-state index is 0.0976. The Hall–Kier alpha value is -1.49. The highest BCUT2D eigenvalue weighted by Gasteiger charge is 2.22. The van der Waals surface area contributed by atoms with Gasteiger partial charge < -0.3 is 0 Å². The average molecular weight is 235 g/mol. The second kappa shape index (κ2) is 5.23. The van der Waals surface area contributed by atoms with Crippen molar-refractivity contribution in [2.24, 2.45) is 0 Å². The van der Waals surface area contributed by atoms with Crippen LogP contribution in [0.1, 0.15) is 41.5 Å². The van der Waals surface area contributed by atoms with Crippen LogP contribution >= 0.6 is 0 Å². The number of aryl methyl sites for hydroxylation is 2. The van der Waals surface area contributed by atoms with Gasteiger partial charge in [0.1, 0.15) is 0 Å². The van der Waals surface area contributed by atoms with Crippen LogP contribution in [0, 0.1) is 6.92 Å². The van der Waals surface area contributed by atoms with Crippen LogP contribution in [0.25, 0.3) is 0 Å². The van der Waals surface area contributed by atoms with E-state index in [1.807, 2.05) is 13.8 Å². The van der Waals surface area contributed by atoms with E-state index in [0.29, 0.717) is 25.1 Å². The molecule has 92 valence electrons. The predicted molar refractivity (Wildman–Crippen MR) is 62.4 cm³/mol. The fourth-order valence-electron chi connectivity index (χ4n) is 1.85. The van der Waals surface area contributed by atoms with E-state index in [2.05, 4.69) is 10.2 Å². The Morgan fingerprint density at radius 1 is 1.47 bits per heavy atom. The van der Waals surface area contributed by atoms with Gasteiger partial charge in [0.2, 0.25) is 0 Å². The van der Waals surface area contributed by atoms with Gasteiger partial charge in [0, 0.05) is 6.54 Å². The number of hydrogen-bond acceptors (Lipinski definition) is 4. The van der Waals surface area contributed by atoms with Gasteiger partial charge in [-0.3, -0.25) is 9.63 Å². The SMILES string of the molecule is CCc1nnc(C)cc1C(=O)N1CCCCO1. The number of aromatic nitrogens is 2. The molecule has 17 heavy (non-hydrogen) atoms. The molecule has 1 saturated heterocycles. The van der Waals surface area contributed by atoms with Gasteiger partial charge in [-0.1, -0.05) is 6.92 Å². The van der Waals surface area contributed by atoms with Crippen molar-refractivity contribution >= 4 is 5.91 Å². The van der Waals surface area contributed by atoms with Crippen LogP contribution in [0.2, 0.25) is 0 Å². The van der Waals surface area contributed by atoms with Gasteiger partial charge in [0.15, 0.2) is 0 Å². The van der Waals surface area contributed by atoms with Crippen molar-refractivity contribution in [1.29, 1.82) is 0 Å². The summed E-state index contributed by atoms with van der Waals surface area (Å²) in [4.78, 5) is 17.6. The molecule has 0 aliphatic carbocycles. The average Bonchev–Trinajstić information content (AvgIpc) is 2.39. The zero-order chi connectivity index (χ0) is 12.3. The first-order valence-corrected chi connectivity index (χ1v) is 6.00. The predicted octanol–water partition coefficient (Wildman–Crippen LogP) is 1.52. The smallest absolute Gasteiger partial charge is 0.271 e. The Morgan fingerprint density at radius 3 is 2.94 bits per heavy atom. The maximum atomic E-state index is 12.3. The fourth-order valence-corrected chi connectivity index (χ4v) is 1.85. The molecule has 0 radical (unpaired) electrons. The molecule has 0 aromatic carbocycles. The summed E-state index contributed by atoms with van der Waals surface area (Å²) in [5.74, 6) is -0.0976. The molecule has 0 atom stereocenters. The number of carbonyl (C=O) groups is 1. The molecule has 0 spiro atoms. The van der Waals surface area contributed by atoms with Crippen molar-refractivity contribution in [1.82, 2.24) is 15.3 Å². The maximum Gasteiger partial charge on any atom is 0.279 e. The van der Waals surface area contributed by atoms with Gasteiger partial charge in [-0.2, -0.15) is 10.2 Å². The molecule has 0 N–H and O–H groups in total. The highest BCUT2D eigenvalue weighted by molar-refractivity contribution is 5.94. The summed E-state index contributed by atoms with van der Waals surface area (Å²) in [6, 6.07) is 1.78. The number of nitrogens with zero attached hydrogens (tertiary/aromatic N) is 3. The summed E-state index contributed by atoms with van der Waals surface area (Å²) < 4.78 is 0. The largest absolute Gasteiger partial charge is 0.279 e. The lowest BCUT2D eigenvalue weighted by Gasteiger charge is -2.26. The van der Waals surface area contributed by atoms with Crippen LogP contribution in [-0.2, 0) is 11.3 Å². The van der Waals surface area contributed by atoms with Crippen LogP contribution in [0.15, 0.2) is 6.07 Å². The molecule has 2 rings (SSSR count). The zero-order valence-electron chi connectivity index (χ0n) is 10.3. The maximum absolute atomic E-state index is 12.3. The summed E-state index contributed by atoms with van der Waals surface area (Å²) >= 11 is 0. The molecule has 1 aromatic rings.